The van der Waals surface area contributed by atoms with Crippen molar-refractivity contribution in [1.29, 1.82) is 0 Å². The molecule has 186 valence electrons. The molecule has 8 nitrogen and oxygen atoms in total. The van der Waals surface area contributed by atoms with Gasteiger partial charge in [0.1, 0.15) is 16.5 Å². The van der Waals surface area contributed by atoms with Crippen molar-refractivity contribution in [3.05, 3.63) is 65.3 Å². The molecular formula is C27H29N5O3S. The number of rotatable bonds is 7. The standard InChI is InChI=1S/C24H21N5O3S.C3H8/c1-32-20-10-18-15(9-16(20)24-29-19(12-33-24)22(25)30)21(27-13-5-3-2-4-6-13)17(11-26-18)23(31)28-14-7-8-14;1-3-2/h2-6,9-12,14H,7-8H2,1H3,(H2,25,30)(H,26,27)(H,28,31);3H2,1-2H3. The Morgan fingerprint density at radius 3 is 2.50 bits per heavy atom. The van der Waals surface area contributed by atoms with E-state index in [1.807, 2.05) is 36.4 Å². The third-order valence-corrected chi connectivity index (χ3v) is 6.25. The van der Waals surface area contributed by atoms with E-state index in [-0.39, 0.29) is 17.6 Å². The number of amides is 2. The maximum absolute atomic E-state index is 13.0. The maximum atomic E-state index is 13.0. The summed E-state index contributed by atoms with van der Waals surface area (Å²) in [7, 11) is 1.56. The number of nitrogens with one attached hydrogen (secondary N) is 2. The number of aromatic nitrogens is 2. The summed E-state index contributed by atoms with van der Waals surface area (Å²) in [4.78, 5) is 33.5. The largest absolute Gasteiger partial charge is 0.496 e. The summed E-state index contributed by atoms with van der Waals surface area (Å²) in [6.45, 7) is 4.25. The molecule has 4 N–H and O–H groups in total. The van der Waals surface area contributed by atoms with Crippen LogP contribution < -0.4 is 21.1 Å². The Bertz CT molecular complexity index is 1380. The zero-order valence-corrected chi connectivity index (χ0v) is 21.3. The Morgan fingerprint density at radius 2 is 1.89 bits per heavy atom. The molecule has 1 saturated carbocycles. The van der Waals surface area contributed by atoms with E-state index in [1.54, 1.807) is 24.8 Å². The molecule has 2 aromatic carbocycles. The highest BCUT2D eigenvalue weighted by Gasteiger charge is 2.26. The lowest BCUT2D eigenvalue weighted by Gasteiger charge is -2.16. The number of pyridine rings is 1. The van der Waals surface area contributed by atoms with E-state index in [1.165, 1.54) is 17.8 Å². The number of carbonyl (C=O) groups excluding carboxylic acids is 2. The molecule has 0 bridgehead atoms. The lowest BCUT2D eigenvalue weighted by molar-refractivity contribution is 0.0950. The molecule has 5 rings (SSSR count). The molecular weight excluding hydrogens is 474 g/mol. The van der Waals surface area contributed by atoms with Crippen molar-refractivity contribution in [2.24, 2.45) is 5.73 Å². The van der Waals surface area contributed by atoms with Crippen LogP contribution in [0.5, 0.6) is 5.75 Å². The average molecular weight is 504 g/mol. The molecule has 2 heterocycles. The van der Waals surface area contributed by atoms with Crippen LogP contribution in [0.4, 0.5) is 11.4 Å². The molecule has 0 aliphatic heterocycles. The fourth-order valence-corrected chi connectivity index (χ4v) is 4.36. The second-order valence-corrected chi connectivity index (χ2v) is 9.32. The highest BCUT2D eigenvalue weighted by atomic mass is 32.1. The number of primary amides is 1. The zero-order valence-electron chi connectivity index (χ0n) is 20.5. The zero-order chi connectivity index (χ0) is 25.7. The number of methoxy groups -OCH3 is 1. The molecule has 2 amide bonds. The molecule has 1 aliphatic rings. The van der Waals surface area contributed by atoms with Gasteiger partial charge in [0.2, 0.25) is 0 Å². The van der Waals surface area contributed by atoms with Gasteiger partial charge in [-0.05, 0) is 31.0 Å². The number of nitrogens with zero attached hydrogens (tertiary/aromatic N) is 2. The molecule has 36 heavy (non-hydrogen) atoms. The molecule has 4 aromatic rings. The van der Waals surface area contributed by atoms with Crippen molar-refractivity contribution in [3.8, 4) is 16.3 Å². The molecule has 1 aliphatic carbocycles. The van der Waals surface area contributed by atoms with E-state index < -0.39 is 5.91 Å². The summed E-state index contributed by atoms with van der Waals surface area (Å²) in [6.07, 6.45) is 4.81. The number of nitrogens with two attached hydrogens (primary N) is 1. The van der Waals surface area contributed by atoms with Gasteiger partial charge >= 0.3 is 0 Å². The van der Waals surface area contributed by atoms with Gasteiger partial charge in [0.25, 0.3) is 11.8 Å². The maximum Gasteiger partial charge on any atom is 0.268 e. The Kier molecular flexibility index (Phi) is 7.80. The molecule has 0 saturated heterocycles. The highest BCUT2D eigenvalue weighted by Crippen LogP contribution is 2.39. The van der Waals surface area contributed by atoms with Gasteiger partial charge in [-0.15, -0.1) is 11.3 Å². The Balaban J connectivity index is 0.000000967. The Morgan fingerprint density at radius 1 is 1.17 bits per heavy atom. The van der Waals surface area contributed by atoms with Crippen molar-refractivity contribution < 1.29 is 14.3 Å². The van der Waals surface area contributed by atoms with Gasteiger partial charge in [0.15, 0.2) is 0 Å². The minimum absolute atomic E-state index is 0.173. The molecule has 0 atom stereocenters. The topological polar surface area (TPSA) is 119 Å². The highest BCUT2D eigenvalue weighted by molar-refractivity contribution is 7.13. The third kappa shape index (κ3) is 5.63. The van der Waals surface area contributed by atoms with E-state index in [0.29, 0.717) is 33.1 Å². The number of para-hydroxylation sites is 1. The van der Waals surface area contributed by atoms with Gasteiger partial charge in [-0.2, -0.15) is 0 Å². The number of hydrogen-bond acceptors (Lipinski definition) is 7. The van der Waals surface area contributed by atoms with Crippen LogP contribution in [0.1, 0.15) is 54.0 Å². The summed E-state index contributed by atoms with van der Waals surface area (Å²) in [6, 6.07) is 13.5. The smallest absolute Gasteiger partial charge is 0.268 e. The van der Waals surface area contributed by atoms with E-state index in [0.717, 1.165) is 23.9 Å². The molecule has 1 fully saturated rings. The molecule has 9 heteroatoms. The number of thiazole rings is 1. The van der Waals surface area contributed by atoms with Gasteiger partial charge in [-0.1, -0.05) is 38.5 Å². The summed E-state index contributed by atoms with van der Waals surface area (Å²) >= 11 is 1.29. The number of anilines is 2. The first-order valence-corrected chi connectivity index (χ1v) is 12.7. The SMILES string of the molecule is CCC.COc1cc2ncc(C(=O)NC3CC3)c(Nc3ccccc3)c2cc1-c1nc(C(N)=O)cs1. The lowest BCUT2D eigenvalue weighted by Crippen LogP contribution is -2.26. The number of fused-ring (bicyclic) bond motifs is 1. The van der Waals surface area contributed by atoms with Crippen molar-refractivity contribution >= 4 is 45.4 Å². The number of ether oxygens (including phenoxy) is 1. The van der Waals surface area contributed by atoms with Crippen LogP contribution in [0.25, 0.3) is 21.5 Å². The second-order valence-electron chi connectivity index (χ2n) is 8.46. The van der Waals surface area contributed by atoms with Gasteiger partial charge in [0, 0.05) is 34.8 Å². The number of benzene rings is 2. The Hall–Kier alpha value is -3.98. The monoisotopic (exact) mass is 503 g/mol. The summed E-state index contributed by atoms with van der Waals surface area (Å²) in [5, 5.41) is 9.37. The van der Waals surface area contributed by atoms with Crippen LogP contribution in [-0.4, -0.2) is 34.9 Å². The number of hydrogen-bond donors (Lipinski definition) is 3. The first-order valence-electron chi connectivity index (χ1n) is 11.8. The van der Waals surface area contributed by atoms with Gasteiger partial charge in [-0.25, -0.2) is 4.98 Å². The van der Waals surface area contributed by atoms with E-state index >= 15 is 0 Å². The predicted molar refractivity (Wildman–Crippen MR) is 144 cm³/mol. The fraction of sp³-hybridized carbons (Fsp3) is 0.259. The number of carbonyl (C=O) groups is 2. The lowest BCUT2D eigenvalue weighted by atomic mass is 10.0. The van der Waals surface area contributed by atoms with Gasteiger partial charge < -0.3 is 21.1 Å². The van der Waals surface area contributed by atoms with Crippen molar-refractivity contribution in [1.82, 2.24) is 15.3 Å². The average Bonchev–Trinajstić information content (AvgIpc) is 3.55. The predicted octanol–water partition coefficient (Wildman–Crippen LogP) is 5.52. The van der Waals surface area contributed by atoms with Crippen LogP contribution in [0.3, 0.4) is 0 Å². The molecule has 0 spiro atoms. The van der Waals surface area contributed by atoms with Crippen molar-refractivity contribution in [2.75, 3.05) is 12.4 Å². The minimum Gasteiger partial charge on any atom is -0.496 e. The summed E-state index contributed by atoms with van der Waals surface area (Å²) < 4.78 is 5.59. The van der Waals surface area contributed by atoms with Crippen LogP contribution >= 0.6 is 11.3 Å². The van der Waals surface area contributed by atoms with Gasteiger partial charge in [-0.3, -0.25) is 14.6 Å². The van der Waals surface area contributed by atoms with Crippen LogP contribution in [0.15, 0.2) is 54.0 Å². The molecule has 0 unspecified atom stereocenters. The fourth-order valence-electron chi connectivity index (χ4n) is 3.53. The third-order valence-electron chi connectivity index (χ3n) is 5.38. The van der Waals surface area contributed by atoms with E-state index in [9.17, 15) is 9.59 Å². The summed E-state index contributed by atoms with van der Waals surface area (Å²) in [5.74, 6) is -0.210. The first-order chi connectivity index (χ1) is 17.4. The quantitative estimate of drug-likeness (QED) is 0.306. The van der Waals surface area contributed by atoms with Crippen LogP contribution in [-0.2, 0) is 0 Å². The molecule has 0 radical (unpaired) electrons. The molecule has 2 aromatic heterocycles. The van der Waals surface area contributed by atoms with Crippen molar-refractivity contribution in [3.63, 3.8) is 0 Å². The van der Waals surface area contributed by atoms with Crippen molar-refractivity contribution in [2.45, 2.75) is 39.2 Å². The van der Waals surface area contributed by atoms with E-state index in [2.05, 4.69) is 34.4 Å². The van der Waals surface area contributed by atoms with E-state index in [4.69, 9.17) is 10.5 Å². The summed E-state index contributed by atoms with van der Waals surface area (Å²) in [5.41, 5.74) is 8.84. The van der Waals surface area contributed by atoms with Gasteiger partial charge in [0.05, 0.1) is 29.4 Å². The van der Waals surface area contributed by atoms with Crippen LogP contribution in [0.2, 0.25) is 0 Å². The second kappa shape index (κ2) is 11.2. The first kappa shape index (κ1) is 25.1. The normalized spacial score (nSPS) is 12.4. The minimum atomic E-state index is -0.593. The van der Waals surface area contributed by atoms with Crippen LogP contribution in [0, 0.1) is 0 Å². The Labute approximate surface area is 213 Å².